The summed E-state index contributed by atoms with van der Waals surface area (Å²) in [5.41, 5.74) is 17.9. The molecule has 270 valence electrons. The number of hydrogen-bond acceptors (Lipinski definition) is 2. The maximum Gasteiger partial charge on any atom is 0.137 e. The van der Waals surface area contributed by atoms with Gasteiger partial charge in [-0.05, 0) is 156 Å². The van der Waals surface area contributed by atoms with Crippen LogP contribution >= 0.6 is 0 Å². The van der Waals surface area contributed by atoms with Crippen LogP contribution in [0, 0.1) is 23.7 Å². The molecule has 14 rings (SSSR count). The minimum Gasteiger partial charge on any atom is -0.456 e. The van der Waals surface area contributed by atoms with Crippen molar-refractivity contribution >= 4 is 39.0 Å². The summed E-state index contributed by atoms with van der Waals surface area (Å²) >= 11 is 0. The fourth-order valence-electron chi connectivity index (χ4n) is 14.0. The summed E-state index contributed by atoms with van der Waals surface area (Å²) < 4.78 is 6.58. The number of hydrogen-bond donors (Lipinski definition) is 0. The summed E-state index contributed by atoms with van der Waals surface area (Å²) in [4.78, 5) is 2.58. The Balaban J connectivity index is 1.04. The predicted molar refractivity (Wildman–Crippen MR) is 226 cm³/mol. The van der Waals surface area contributed by atoms with Crippen LogP contribution in [0.25, 0.3) is 44.2 Å². The van der Waals surface area contributed by atoms with Crippen molar-refractivity contribution in [1.82, 2.24) is 0 Å². The number of fused-ring (bicyclic) bond motifs is 12. The zero-order chi connectivity index (χ0) is 35.9. The number of anilines is 3. The lowest BCUT2D eigenvalue weighted by atomic mass is 9.51. The van der Waals surface area contributed by atoms with Gasteiger partial charge in [-0.1, -0.05) is 105 Å². The smallest absolute Gasteiger partial charge is 0.137 e. The molecule has 4 bridgehead atoms. The minimum atomic E-state index is 0.0941. The molecule has 5 saturated carbocycles. The summed E-state index contributed by atoms with van der Waals surface area (Å²) in [7, 11) is 0. The number of benzene rings is 6. The molecule has 0 radical (unpaired) electrons. The van der Waals surface area contributed by atoms with Crippen molar-refractivity contribution in [3.05, 3.63) is 150 Å². The van der Waals surface area contributed by atoms with Crippen LogP contribution in [-0.4, -0.2) is 0 Å². The Labute approximate surface area is 324 Å². The molecule has 7 aliphatic carbocycles. The normalized spacial score (nSPS) is 26.3. The summed E-state index contributed by atoms with van der Waals surface area (Å²) in [6.07, 6.45) is 14.8. The van der Waals surface area contributed by atoms with Crippen molar-refractivity contribution in [3.63, 3.8) is 0 Å². The van der Waals surface area contributed by atoms with Gasteiger partial charge in [0.15, 0.2) is 0 Å². The third-order valence-corrected chi connectivity index (χ3v) is 15.9. The molecule has 1 aromatic heterocycles. The van der Waals surface area contributed by atoms with Crippen molar-refractivity contribution < 1.29 is 4.42 Å². The molecule has 5 atom stereocenters. The Morgan fingerprint density at radius 3 is 1.93 bits per heavy atom. The Morgan fingerprint density at radius 1 is 0.455 bits per heavy atom. The second kappa shape index (κ2) is 11.3. The number of nitrogens with zero attached hydrogens (tertiary/aromatic N) is 1. The molecule has 1 heterocycles. The first-order valence-corrected chi connectivity index (χ1v) is 21.4. The zero-order valence-corrected chi connectivity index (χ0v) is 31.6. The quantitative estimate of drug-likeness (QED) is 0.181. The first kappa shape index (κ1) is 31.2. The highest BCUT2D eigenvalue weighted by Crippen LogP contribution is 2.68. The van der Waals surface area contributed by atoms with Gasteiger partial charge >= 0.3 is 0 Å². The molecule has 5 fully saturated rings. The van der Waals surface area contributed by atoms with E-state index in [4.69, 9.17) is 4.42 Å². The largest absolute Gasteiger partial charge is 0.456 e. The van der Waals surface area contributed by atoms with Crippen LogP contribution in [0.15, 0.2) is 132 Å². The molecule has 7 aliphatic rings. The number of para-hydroxylation sites is 1. The van der Waals surface area contributed by atoms with E-state index in [9.17, 15) is 0 Å². The molecule has 0 N–H and O–H groups in total. The van der Waals surface area contributed by atoms with E-state index < -0.39 is 0 Å². The molecule has 2 spiro atoms. The second-order valence-corrected chi connectivity index (χ2v) is 18.3. The average Bonchev–Trinajstić information content (AvgIpc) is 3.77. The first-order chi connectivity index (χ1) is 27.2. The van der Waals surface area contributed by atoms with E-state index in [-0.39, 0.29) is 10.8 Å². The lowest BCUT2D eigenvalue weighted by Gasteiger charge is -2.53. The highest BCUT2D eigenvalue weighted by molar-refractivity contribution is 6.06. The molecule has 7 aromatic rings. The maximum absolute atomic E-state index is 6.58. The fraction of sp³-hybridized carbons (Fsp3) is 0.321. The van der Waals surface area contributed by atoms with Gasteiger partial charge < -0.3 is 9.32 Å². The van der Waals surface area contributed by atoms with Crippen LogP contribution in [0.1, 0.15) is 92.9 Å². The van der Waals surface area contributed by atoms with Crippen LogP contribution in [0.2, 0.25) is 0 Å². The fourth-order valence-corrected chi connectivity index (χ4v) is 14.0. The van der Waals surface area contributed by atoms with E-state index in [1.165, 1.54) is 121 Å². The Morgan fingerprint density at radius 2 is 1.07 bits per heavy atom. The van der Waals surface area contributed by atoms with E-state index >= 15 is 0 Å². The zero-order valence-electron chi connectivity index (χ0n) is 31.6. The molecule has 2 nitrogen and oxygen atoms in total. The van der Waals surface area contributed by atoms with Gasteiger partial charge in [-0.15, -0.1) is 0 Å². The van der Waals surface area contributed by atoms with Crippen molar-refractivity contribution in [2.45, 2.75) is 81.5 Å². The summed E-state index contributed by atoms with van der Waals surface area (Å²) in [6, 6.07) is 49.3. The highest BCUT2D eigenvalue weighted by atomic mass is 16.3. The molecule has 6 aromatic carbocycles. The van der Waals surface area contributed by atoms with Crippen molar-refractivity contribution in [1.29, 1.82) is 0 Å². The van der Waals surface area contributed by atoms with Crippen molar-refractivity contribution in [3.8, 4) is 22.3 Å². The SMILES string of the molecule is c1ccc2c(c1)-c1ccc(N(c3ccc4c(c3)C3(c5ccccc5-4)C4CCC5CC(C4)CC3C5)c3ccc4c(c3)oc3ccccc34)cc1C21CCCCC1. The van der Waals surface area contributed by atoms with Crippen LogP contribution in [-0.2, 0) is 10.8 Å². The van der Waals surface area contributed by atoms with Crippen molar-refractivity contribution in [2.75, 3.05) is 4.90 Å². The van der Waals surface area contributed by atoms with Crippen LogP contribution in [0.3, 0.4) is 0 Å². The van der Waals surface area contributed by atoms with Crippen molar-refractivity contribution in [2.24, 2.45) is 23.7 Å². The van der Waals surface area contributed by atoms with Gasteiger partial charge in [0, 0.05) is 44.7 Å². The Kier molecular flexibility index (Phi) is 6.37. The second-order valence-electron chi connectivity index (χ2n) is 18.3. The van der Waals surface area contributed by atoms with E-state index in [2.05, 4.69) is 132 Å². The molecular weight excluding hydrogens is 667 g/mol. The monoisotopic (exact) mass is 713 g/mol. The number of rotatable bonds is 3. The Hall–Kier alpha value is -5.08. The van der Waals surface area contributed by atoms with Gasteiger partial charge in [0.1, 0.15) is 11.2 Å². The lowest BCUT2D eigenvalue weighted by Crippen LogP contribution is -2.48. The van der Waals surface area contributed by atoms with E-state index in [0.29, 0.717) is 5.92 Å². The topological polar surface area (TPSA) is 16.4 Å². The lowest BCUT2D eigenvalue weighted by molar-refractivity contribution is 0.0618. The molecule has 0 saturated heterocycles. The first-order valence-electron chi connectivity index (χ1n) is 21.4. The highest BCUT2D eigenvalue weighted by Gasteiger charge is 2.59. The van der Waals surface area contributed by atoms with Crippen LogP contribution in [0.4, 0.5) is 17.1 Å². The minimum absolute atomic E-state index is 0.0941. The molecule has 5 unspecified atom stereocenters. The maximum atomic E-state index is 6.58. The average molecular weight is 714 g/mol. The third kappa shape index (κ3) is 4.11. The number of furan rings is 1. The van der Waals surface area contributed by atoms with Gasteiger partial charge in [0.25, 0.3) is 0 Å². The molecule has 0 aliphatic heterocycles. The van der Waals surface area contributed by atoms with Gasteiger partial charge in [-0.2, -0.15) is 0 Å². The third-order valence-electron chi connectivity index (χ3n) is 15.9. The van der Waals surface area contributed by atoms with Gasteiger partial charge in [-0.3, -0.25) is 0 Å². The van der Waals surface area contributed by atoms with Gasteiger partial charge in [0.05, 0.1) is 0 Å². The van der Waals surface area contributed by atoms with Crippen LogP contribution < -0.4 is 4.90 Å². The van der Waals surface area contributed by atoms with E-state index in [1.54, 1.807) is 16.7 Å². The van der Waals surface area contributed by atoms with Crippen LogP contribution in [0.5, 0.6) is 0 Å². The van der Waals surface area contributed by atoms with Gasteiger partial charge in [0.2, 0.25) is 0 Å². The van der Waals surface area contributed by atoms with E-state index in [0.717, 1.165) is 34.6 Å². The molecule has 55 heavy (non-hydrogen) atoms. The molecule has 0 amide bonds. The molecular formula is C53H47NO. The van der Waals surface area contributed by atoms with E-state index in [1.807, 2.05) is 0 Å². The summed E-state index contributed by atoms with van der Waals surface area (Å²) in [5, 5.41) is 2.36. The standard InChI is InChI=1S/C53H47NO/c1-8-24-52(25-9-1)46-13-5-2-10-40(46)42-21-18-37(30-48(42)52)54(39-20-23-45-44-12-4-7-15-50(44)55-51(45)32-39)38-19-22-43-41-11-3-6-14-47(41)53(49(43)31-38)35-17-16-33-26-34(28-35)29-36(53)27-33/h2-7,10-15,18-23,30-36H,1,8-9,16-17,24-29H2. The predicted octanol–water partition coefficient (Wildman–Crippen LogP) is 14.4. The Bertz CT molecular complexity index is 2700. The molecule has 2 heteroatoms. The van der Waals surface area contributed by atoms with Gasteiger partial charge in [-0.25, -0.2) is 0 Å². The summed E-state index contributed by atoms with van der Waals surface area (Å²) in [6.45, 7) is 0. The summed E-state index contributed by atoms with van der Waals surface area (Å²) in [5.74, 6) is 3.25.